The molecular formula is C24H28N4O2. The molecule has 1 atom stereocenters. The molecule has 1 unspecified atom stereocenters. The van der Waals surface area contributed by atoms with E-state index in [1.807, 2.05) is 47.5 Å². The van der Waals surface area contributed by atoms with E-state index in [0.29, 0.717) is 12.3 Å². The van der Waals surface area contributed by atoms with E-state index in [2.05, 4.69) is 21.5 Å². The standard InChI is InChI=1S/C24H28N4O2/c1-18-15-26-24(21-8-10-25-11-9-21)28(18)17-20-6-4-12-27(16-20)23(29)14-19-5-3-7-22(13-19)30-2/h3,5,7-11,13,15,20H,4,6,12,14,16-17H2,1-2H3. The van der Waals surface area contributed by atoms with Gasteiger partial charge in [0, 0.05) is 49.5 Å². The number of hydrogen-bond acceptors (Lipinski definition) is 4. The number of rotatable bonds is 6. The first-order valence-electron chi connectivity index (χ1n) is 10.5. The molecule has 1 aromatic carbocycles. The highest BCUT2D eigenvalue weighted by atomic mass is 16.5. The molecule has 1 fully saturated rings. The number of methoxy groups -OCH3 is 1. The monoisotopic (exact) mass is 404 g/mol. The minimum absolute atomic E-state index is 0.185. The first-order chi connectivity index (χ1) is 14.6. The Bertz CT molecular complexity index is 999. The van der Waals surface area contributed by atoms with Gasteiger partial charge in [0.25, 0.3) is 0 Å². The average molecular weight is 405 g/mol. The van der Waals surface area contributed by atoms with Crippen LogP contribution in [0.5, 0.6) is 5.75 Å². The van der Waals surface area contributed by atoms with Gasteiger partial charge in [-0.2, -0.15) is 0 Å². The van der Waals surface area contributed by atoms with Crippen molar-refractivity contribution < 1.29 is 9.53 Å². The van der Waals surface area contributed by atoms with E-state index in [9.17, 15) is 4.79 Å². The summed E-state index contributed by atoms with van der Waals surface area (Å²) in [5.41, 5.74) is 3.20. The summed E-state index contributed by atoms with van der Waals surface area (Å²) < 4.78 is 7.55. The molecule has 1 aliphatic heterocycles. The van der Waals surface area contributed by atoms with Gasteiger partial charge in [0.1, 0.15) is 11.6 Å². The number of piperidine rings is 1. The van der Waals surface area contributed by atoms with Crippen molar-refractivity contribution in [1.82, 2.24) is 19.4 Å². The molecule has 1 saturated heterocycles. The maximum Gasteiger partial charge on any atom is 0.227 e. The van der Waals surface area contributed by atoms with Crippen LogP contribution in [0.15, 0.2) is 55.0 Å². The molecule has 6 nitrogen and oxygen atoms in total. The topological polar surface area (TPSA) is 60.2 Å². The third-order valence-electron chi connectivity index (χ3n) is 5.80. The molecule has 6 heteroatoms. The number of amides is 1. The number of likely N-dealkylation sites (tertiary alicyclic amines) is 1. The molecule has 0 aliphatic carbocycles. The zero-order chi connectivity index (χ0) is 20.9. The van der Waals surface area contributed by atoms with Gasteiger partial charge in [-0.3, -0.25) is 9.78 Å². The molecule has 156 valence electrons. The van der Waals surface area contributed by atoms with Gasteiger partial charge in [0.05, 0.1) is 13.5 Å². The van der Waals surface area contributed by atoms with Crippen LogP contribution in [0.4, 0.5) is 0 Å². The maximum absolute atomic E-state index is 12.9. The molecule has 2 aromatic heterocycles. The van der Waals surface area contributed by atoms with Gasteiger partial charge in [-0.15, -0.1) is 0 Å². The van der Waals surface area contributed by atoms with Crippen molar-refractivity contribution in [3.05, 3.63) is 66.2 Å². The summed E-state index contributed by atoms with van der Waals surface area (Å²) in [6.07, 6.45) is 8.08. The molecule has 1 aliphatic rings. The Morgan fingerprint density at radius 1 is 1.23 bits per heavy atom. The van der Waals surface area contributed by atoms with E-state index in [1.165, 1.54) is 0 Å². The number of hydrogen-bond donors (Lipinski definition) is 0. The quantitative estimate of drug-likeness (QED) is 0.628. The predicted molar refractivity (Wildman–Crippen MR) is 116 cm³/mol. The van der Waals surface area contributed by atoms with Crippen LogP contribution in [0.25, 0.3) is 11.4 Å². The zero-order valence-electron chi connectivity index (χ0n) is 17.6. The molecular weight excluding hydrogens is 376 g/mol. The Balaban J connectivity index is 1.43. The van der Waals surface area contributed by atoms with Gasteiger partial charge < -0.3 is 14.2 Å². The van der Waals surface area contributed by atoms with Crippen molar-refractivity contribution in [2.45, 2.75) is 32.7 Å². The van der Waals surface area contributed by atoms with E-state index < -0.39 is 0 Å². The molecule has 3 heterocycles. The predicted octanol–water partition coefficient (Wildman–Crippen LogP) is 3.74. The van der Waals surface area contributed by atoms with E-state index in [4.69, 9.17) is 4.74 Å². The van der Waals surface area contributed by atoms with Crippen molar-refractivity contribution in [3.8, 4) is 17.1 Å². The number of carbonyl (C=O) groups excluding carboxylic acids is 1. The van der Waals surface area contributed by atoms with Crippen molar-refractivity contribution >= 4 is 5.91 Å². The molecule has 3 aromatic rings. The van der Waals surface area contributed by atoms with Gasteiger partial charge >= 0.3 is 0 Å². The van der Waals surface area contributed by atoms with Gasteiger partial charge in [-0.25, -0.2) is 4.98 Å². The fraction of sp³-hybridized carbons (Fsp3) is 0.375. The Morgan fingerprint density at radius 3 is 2.87 bits per heavy atom. The fourth-order valence-electron chi connectivity index (χ4n) is 4.19. The first-order valence-corrected chi connectivity index (χ1v) is 10.5. The molecule has 1 amide bonds. The first kappa shape index (κ1) is 20.1. The number of carbonyl (C=O) groups is 1. The van der Waals surface area contributed by atoms with Crippen LogP contribution in [0.3, 0.4) is 0 Å². The third kappa shape index (κ3) is 4.53. The zero-order valence-corrected chi connectivity index (χ0v) is 17.6. The second kappa shape index (κ2) is 9.11. The molecule has 4 rings (SSSR count). The molecule has 0 N–H and O–H groups in total. The van der Waals surface area contributed by atoms with Crippen molar-refractivity contribution in [3.63, 3.8) is 0 Å². The minimum atomic E-state index is 0.185. The summed E-state index contributed by atoms with van der Waals surface area (Å²) in [4.78, 5) is 23.7. The summed E-state index contributed by atoms with van der Waals surface area (Å²) in [7, 11) is 1.65. The minimum Gasteiger partial charge on any atom is -0.497 e. The lowest BCUT2D eigenvalue weighted by atomic mass is 9.97. The maximum atomic E-state index is 12.9. The van der Waals surface area contributed by atoms with Crippen LogP contribution >= 0.6 is 0 Å². The van der Waals surface area contributed by atoms with E-state index in [0.717, 1.165) is 60.9 Å². The number of ether oxygens (including phenoxy) is 1. The highest BCUT2D eigenvalue weighted by Gasteiger charge is 2.25. The van der Waals surface area contributed by atoms with Gasteiger partial charge in [-0.05, 0) is 55.5 Å². The highest BCUT2D eigenvalue weighted by molar-refractivity contribution is 5.79. The van der Waals surface area contributed by atoms with E-state index in [1.54, 1.807) is 19.5 Å². The number of aromatic nitrogens is 3. The lowest BCUT2D eigenvalue weighted by Crippen LogP contribution is -2.42. The number of imidazole rings is 1. The van der Waals surface area contributed by atoms with Crippen LogP contribution in [0.1, 0.15) is 24.1 Å². The number of aryl methyl sites for hydroxylation is 1. The van der Waals surface area contributed by atoms with Gasteiger partial charge in [-0.1, -0.05) is 12.1 Å². The highest BCUT2D eigenvalue weighted by Crippen LogP contribution is 2.25. The number of pyridine rings is 1. The van der Waals surface area contributed by atoms with Crippen LogP contribution in [0, 0.1) is 12.8 Å². The number of benzene rings is 1. The van der Waals surface area contributed by atoms with Crippen LogP contribution in [-0.4, -0.2) is 45.5 Å². The summed E-state index contributed by atoms with van der Waals surface area (Å²) >= 11 is 0. The normalized spacial score (nSPS) is 16.5. The second-order valence-corrected chi connectivity index (χ2v) is 7.95. The average Bonchev–Trinajstić information content (AvgIpc) is 3.14. The Kier molecular flexibility index (Phi) is 6.12. The summed E-state index contributed by atoms with van der Waals surface area (Å²) in [6, 6.07) is 11.7. The lowest BCUT2D eigenvalue weighted by Gasteiger charge is -2.33. The fourth-order valence-corrected chi connectivity index (χ4v) is 4.19. The van der Waals surface area contributed by atoms with Crippen molar-refractivity contribution in [2.75, 3.05) is 20.2 Å². The van der Waals surface area contributed by atoms with Gasteiger partial charge in [0.2, 0.25) is 5.91 Å². The summed E-state index contributed by atoms with van der Waals surface area (Å²) in [5.74, 6) is 2.36. The van der Waals surface area contributed by atoms with E-state index >= 15 is 0 Å². The molecule has 0 radical (unpaired) electrons. The smallest absolute Gasteiger partial charge is 0.227 e. The van der Waals surface area contributed by atoms with Crippen LogP contribution in [0.2, 0.25) is 0 Å². The van der Waals surface area contributed by atoms with Crippen LogP contribution in [-0.2, 0) is 17.8 Å². The largest absolute Gasteiger partial charge is 0.497 e. The Labute approximate surface area is 177 Å². The second-order valence-electron chi connectivity index (χ2n) is 7.95. The van der Waals surface area contributed by atoms with Crippen molar-refractivity contribution in [1.29, 1.82) is 0 Å². The van der Waals surface area contributed by atoms with Crippen molar-refractivity contribution in [2.24, 2.45) is 5.92 Å². The van der Waals surface area contributed by atoms with Gasteiger partial charge in [0.15, 0.2) is 0 Å². The molecule has 0 saturated carbocycles. The Morgan fingerprint density at radius 2 is 2.07 bits per heavy atom. The third-order valence-corrected chi connectivity index (χ3v) is 5.80. The molecule has 0 spiro atoms. The summed E-state index contributed by atoms with van der Waals surface area (Å²) in [5, 5.41) is 0. The molecule has 0 bridgehead atoms. The summed E-state index contributed by atoms with van der Waals surface area (Å²) in [6.45, 7) is 4.58. The Hall–Kier alpha value is -3.15. The number of nitrogens with zero attached hydrogens (tertiary/aromatic N) is 4. The lowest BCUT2D eigenvalue weighted by molar-refractivity contribution is -0.132. The molecule has 30 heavy (non-hydrogen) atoms. The van der Waals surface area contributed by atoms with E-state index in [-0.39, 0.29) is 5.91 Å². The van der Waals surface area contributed by atoms with Crippen LogP contribution < -0.4 is 4.74 Å². The SMILES string of the molecule is COc1cccc(CC(=O)N2CCCC(Cn3c(C)cnc3-c3ccncc3)C2)c1.